The van der Waals surface area contributed by atoms with Crippen LogP contribution in [0.15, 0.2) is 34.9 Å². The van der Waals surface area contributed by atoms with E-state index in [0.29, 0.717) is 29.7 Å². The van der Waals surface area contributed by atoms with Gasteiger partial charge in [0.1, 0.15) is 12.4 Å². The van der Waals surface area contributed by atoms with Crippen LogP contribution in [0.1, 0.15) is 62.2 Å². The minimum Gasteiger partial charge on any atom is -0.486 e. The Balaban J connectivity index is 1.45. The molecule has 1 saturated carbocycles. The maximum Gasteiger partial charge on any atom is 0.273 e. The largest absolute Gasteiger partial charge is 0.486 e. The second-order valence-electron chi connectivity index (χ2n) is 7.85. The molecule has 0 bridgehead atoms. The van der Waals surface area contributed by atoms with Crippen molar-refractivity contribution in [2.24, 2.45) is 11.8 Å². The number of nitrogens with one attached hydrogen (secondary N) is 2. The van der Waals surface area contributed by atoms with Crippen LogP contribution in [0.25, 0.3) is 0 Å². The van der Waals surface area contributed by atoms with E-state index in [4.69, 9.17) is 9.26 Å². The molecule has 1 fully saturated rings. The molecule has 1 aromatic heterocycles. The molecular formula is C22H29N3O4. The zero-order valence-electron chi connectivity index (χ0n) is 17.1. The number of ether oxygens (including phenoxy) is 1. The van der Waals surface area contributed by atoms with E-state index >= 15 is 0 Å². The lowest BCUT2D eigenvalue weighted by Crippen LogP contribution is -2.30. The molecule has 1 heterocycles. The number of nitrogens with zero attached hydrogens (tertiary/aromatic N) is 1. The molecule has 29 heavy (non-hydrogen) atoms. The minimum absolute atomic E-state index is 0.0328. The summed E-state index contributed by atoms with van der Waals surface area (Å²) in [5.41, 5.74) is 0.985. The number of anilines is 1. The molecule has 0 unspecified atom stereocenters. The molecule has 0 spiro atoms. The van der Waals surface area contributed by atoms with Gasteiger partial charge in [-0.1, -0.05) is 38.3 Å². The van der Waals surface area contributed by atoms with Gasteiger partial charge in [-0.15, -0.1) is 0 Å². The molecule has 7 heteroatoms. The van der Waals surface area contributed by atoms with E-state index in [9.17, 15) is 9.59 Å². The maximum atomic E-state index is 12.2. The third kappa shape index (κ3) is 6.34. The Morgan fingerprint density at radius 2 is 1.90 bits per heavy atom. The minimum atomic E-state index is -0.212. The normalized spacial score (nSPS) is 14.6. The van der Waals surface area contributed by atoms with Crippen molar-refractivity contribution in [3.63, 3.8) is 0 Å². The summed E-state index contributed by atoms with van der Waals surface area (Å²) in [6, 6.07) is 8.70. The molecule has 0 aliphatic heterocycles. The van der Waals surface area contributed by atoms with Crippen LogP contribution in [-0.2, 0) is 11.4 Å². The summed E-state index contributed by atoms with van der Waals surface area (Å²) in [6.45, 7) is 4.54. The van der Waals surface area contributed by atoms with E-state index in [0.717, 1.165) is 0 Å². The van der Waals surface area contributed by atoms with E-state index in [2.05, 4.69) is 15.8 Å². The van der Waals surface area contributed by atoms with E-state index in [1.165, 1.54) is 32.1 Å². The average molecular weight is 399 g/mol. The summed E-state index contributed by atoms with van der Waals surface area (Å²) in [7, 11) is 0. The highest BCUT2D eigenvalue weighted by Crippen LogP contribution is 2.23. The zero-order valence-corrected chi connectivity index (χ0v) is 17.1. The third-order valence-corrected chi connectivity index (χ3v) is 5.09. The Bertz CT molecular complexity index is 808. The van der Waals surface area contributed by atoms with Gasteiger partial charge >= 0.3 is 0 Å². The van der Waals surface area contributed by atoms with E-state index < -0.39 is 0 Å². The molecule has 2 amide bonds. The molecule has 2 N–H and O–H groups in total. The summed E-state index contributed by atoms with van der Waals surface area (Å²) < 4.78 is 10.9. The quantitative estimate of drug-likeness (QED) is 0.695. The Kier molecular flexibility index (Phi) is 7.27. The molecule has 0 saturated heterocycles. The topological polar surface area (TPSA) is 93.5 Å². The first kappa shape index (κ1) is 20.9. The van der Waals surface area contributed by atoms with Crippen LogP contribution in [0, 0.1) is 11.8 Å². The number of amides is 2. The van der Waals surface area contributed by atoms with Crippen molar-refractivity contribution in [2.45, 2.75) is 52.6 Å². The SMILES string of the molecule is CC(C)C(=O)Nc1ccc(OCc2cc(C(=O)NCC3CCCCC3)no2)cc1. The van der Waals surface area contributed by atoms with Gasteiger partial charge in [-0.2, -0.15) is 0 Å². The number of benzene rings is 1. The van der Waals surface area contributed by atoms with Gasteiger partial charge in [-0.3, -0.25) is 9.59 Å². The number of carbonyl (C=O) groups is 2. The van der Waals surface area contributed by atoms with Crippen LogP contribution in [0.3, 0.4) is 0 Å². The predicted octanol–water partition coefficient (Wildman–Crippen LogP) is 4.16. The fourth-order valence-electron chi connectivity index (χ4n) is 3.28. The zero-order chi connectivity index (χ0) is 20.6. The van der Waals surface area contributed by atoms with Gasteiger partial charge < -0.3 is 19.9 Å². The molecule has 156 valence electrons. The first-order valence-corrected chi connectivity index (χ1v) is 10.3. The number of rotatable bonds is 8. The Morgan fingerprint density at radius 1 is 1.17 bits per heavy atom. The molecule has 2 aromatic rings. The third-order valence-electron chi connectivity index (χ3n) is 5.09. The van der Waals surface area contributed by atoms with Crippen LogP contribution in [0.2, 0.25) is 0 Å². The van der Waals surface area contributed by atoms with Crippen LogP contribution in [-0.4, -0.2) is 23.5 Å². The number of carbonyl (C=O) groups excluding carboxylic acids is 2. The highest BCUT2D eigenvalue weighted by atomic mass is 16.5. The van der Waals surface area contributed by atoms with E-state index in [-0.39, 0.29) is 30.0 Å². The van der Waals surface area contributed by atoms with Gasteiger partial charge in [0.15, 0.2) is 11.5 Å². The van der Waals surface area contributed by atoms with Crippen molar-refractivity contribution in [2.75, 3.05) is 11.9 Å². The monoisotopic (exact) mass is 399 g/mol. The van der Waals surface area contributed by atoms with E-state index in [1.807, 2.05) is 13.8 Å². The number of hydrogen-bond donors (Lipinski definition) is 2. The maximum absolute atomic E-state index is 12.2. The molecular weight excluding hydrogens is 370 g/mol. The second-order valence-corrected chi connectivity index (χ2v) is 7.85. The molecule has 7 nitrogen and oxygen atoms in total. The van der Waals surface area contributed by atoms with E-state index in [1.54, 1.807) is 30.3 Å². The van der Waals surface area contributed by atoms with Gasteiger partial charge in [-0.05, 0) is 43.0 Å². The van der Waals surface area contributed by atoms with Crippen molar-refractivity contribution >= 4 is 17.5 Å². The fourth-order valence-corrected chi connectivity index (χ4v) is 3.28. The summed E-state index contributed by atoms with van der Waals surface area (Å²) in [5, 5.41) is 9.62. The molecule has 1 aromatic carbocycles. The van der Waals surface area contributed by atoms with Gasteiger partial charge in [0.25, 0.3) is 5.91 Å². The van der Waals surface area contributed by atoms with Gasteiger partial charge in [0, 0.05) is 24.2 Å². The molecule has 1 aliphatic rings. The first-order valence-electron chi connectivity index (χ1n) is 10.3. The first-order chi connectivity index (χ1) is 14.0. The lowest BCUT2D eigenvalue weighted by Gasteiger charge is -2.21. The molecule has 0 radical (unpaired) electrons. The van der Waals surface area contributed by atoms with Crippen LogP contribution < -0.4 is 15.4 Å². The van der Waals surface area contributed by atoms with Gasteiger partial charge in [0.2, 0.25) is 5.91 Å². The lowest BCUT2D eigenvalue weighted by molar-refractivity contribution is -0.118. The number of aromatic nitrogens is 1. The van der Waals surface area contributed by atoms with Crippen molar-refractivity contribution in [1.29, 1.82) is 0 Å². The molecule has 0 atom stereocenters. The summed E-state index contributed by atoms with van der Waals surface area (Å²) in [6.07, 6.45) is 6.15. The second kappa shape index (κ2) is 10.1. The van der Waals surface area contributed by atoms with Crippen LogP contribution >= 0.6 is 0 Å². The lowest BCUT2D eigenvalue weighted by atomic mass is 9.89. The van der Waals surface area contributed by atoms with Crippen molar-refractivity contribution in [1.82, 2.24) is 10.5 Å². The average Bonchev–Trinajstić information content (AvgIpc) is 3.21. The highest BCUT2D eigenvalue weighted by molar-refractivity contribution is 5.92. The van der Waals surface area contributed by atoms with Gasteiger partial charge in [0.05, 0.1) is 0 Å². The van der Waals surface area contributed by atoms with Crippen LogP contribution in [0.5, 0.6) is 5.75 Å². The summed E-state index contributed by atoms with van der Waals surface area (Å²) >= 11 is 0. The van der Waals surface area contributed by atoms with Crippen LogP contribution in [0.4, 0.5) is 5.69 Å². The molecule has 3 rings (SSSR count). The summed E-state index contributed by atoms with van der Waals surface area (Å²) in [5.74, 6) is 1.35. The smallest absolute Gasteiger partial charge is 0.273 e. The fraction of sp³-hybridized carbons (Fsp3) is 0.500. The summed E-state index contributed by atoms with van der Waals surface area (Å²) in [4.78, 5) is 23.9. The van der Waals surface area contributed by atoms with Crippen molar-refractivity contribution < 1.29 is 18.8 Å². The Hall–Kier alpha value is -2.83. The van der Waals surface area contributed by atoms with Crippen molar-refractivity contribution in [3.8, 4) is 5.75 Å². The molecule has 1 aliphatic carbocycles. The Morgan fingerprint density at radius 3 is 2.59 bits per heavy atom. The van der Waals surface area contributed by atoms with Crippen molar-refractivity contribution in [3.05, 3.63) is 41.8 Å². The highest BCUT2D eigenvalue weighted by Gasteiger charge is 2.17. The predicted molar refractivity (Wildman–Crippen MR) is 110 cm³/mol. The van der Waals surface area contributed by atoms with Gasteiger partial charge in [-0.25, -0.2) is 0 Å². The number of hydrogen-bond acceptors (Lipinski definition) is 5. The standard InChI is InChI=1S/C22H29N3O4/c1-15(2)21(26)24-17-8-10-18(11-9-17)28-14-19-12-20(25-29-19)22(27)23-13-16-6-4-3-5-7-16/h8-12,15-16H,3-7,13-14H2,1-2H3,(H,23,27)(H,24,26). The Labute approximate surface area is 171 Å².